The number of benzene rings is 3. The number of halogens is 1. The Morgan fingerprint density at radius 1 is 0.839 bits per heavy atom. The largest absolute Gasteiger partial charge is 0.493 e. The Labute approximate surface area is 187 Å². The predicted octanol–water partition coefficient (Wildman–Crippen LogP) is 5.51. The van der Waals surface area contributed by atoms with Crippen molar-refractivity contribution in [2.24, 2.45) is 0 Å². The highest BCUT2D eigenvalue weighted by atomic mass is 35.5. The third-order valence-corrected chi connectivity index (χ3v) is 5.89. The summed E-state index contributed by atoms with van der Waals surface area (Å²) >= 11 is 5.99. The van der Waals surface area contributed by atoms with Gasteiger partial charge in [0.15, 0.2) is 11.5 Å². The number of rotatable bonds is 6. The lowest BCUT2D eigenvalue weighted by Crippen LogP contribution is -2.61. The van der Waals surface area contributed by atoms with E-state index in [9.17, 15) is 4.79 Å². The monoisotopic (exact) mass is 437 g/mol. The molecule has 0 radical (unpaired) electrons. The predicted molar refractivity (Wildman–Crippen MR) is 122 cm³/mol. The number of hydrogen-bond acceptors (Lipinski definition) is 4. The van der Waals surface area contributed by atoms with Gasteiger partial charge in [0.1, 0.15) is 11.8 Å². The van der Waals surface area contributed by atoms with Crippen LogP contribution in [0.5, 0.6) is 17.2 Å². The molecule has 0 unspecified atom stereocenters. The second-order valence-electron chi connectivity index (χ2n) is 7.53. The van der Waals surface area contributed by atoms with Crippen LogP contribution in [0, 0.1) is 13.8 Å². The molecule has 0 aliphatic carbocycles. The molecule has 6 heteroatoms. The first-order valence-corrected chi connectivity index (χ1v) is 10.3. The molecule has 0 saturated carbocycles. The molecular formula is C25H24ClNO4. The minimum absolute atomic E-state index is 0.0991. The summed E-state index contributed by atoms with van der Waals surface area (Å²) in [6.45, 7) is 4.09. The molecule has 3 aromatic carbocycles. The van der Waals surface area contributed by atoms with Crippen molar-refractivity contribution >= 4 is 23.2 Å². The van der Waals surface area contributed by atoms with Gasteiger partial charge in [0.05, 0.1) is 14.2 Å². The van der Waals surface area contributed by atoms with Crippen molar-refractivity contribution in [3.8, 4) is 17.2 Å². The number of ether oxygens (including phenoxy) is 3. The van der Waals surface area contributed by atoms with E-state index in [1.54, 1.807) is 43.4 Å². The number of nitrogens with zero attached hydrogens (tertiary/aromatic N) is 1. The van der Waals surface area contributed by atoms with Crippen molar-refractivity contribution in [3.05, 3.63) is 82.4 Å². The van der Waals surface area contributed by atoms with E-state index in [0.717, 1.165) is 16.8 Å². The van der Waals surface area contributed by atoms with Crippen molar-refractivity contribution in [2.45, 2.75) is 26.0 Å². The second-order valence-corrected chi connectivity index (χ2v) is 7.96. The molecule has 1 aliphatic heterocycles. The first-order valence-electron chi connectivity index (χ1n) is 9.97. The number of anilines is 1. The Hall–Kier alpha value is -3.18. The van der Waals surface area contributed by atoms with Crippen LogP contribution < -0.4 is 19.1 Å². The van der Waals surface area contributed by atoms with Gasteiger partial charge in [-0.25, -0.2) is 0 Å². The highest BCUT2D eigenvalue weighted by Crippen LogP contribution is 2.43. The molecule has 3 aromatic rings. The van der Waals surface area contributed by atoms with E-state index >= 15 is 0 Å². The lowest BCUT2D eigenvalue weighted by molar-refractivity contribution is -0.135. The first kappa shape index (κ1) is 21.1. The van der Waals surface area contributed by atoms with Crippen molar-refractivity contribution in [3.63, 3.8) is 0 Å². The zero-order chi connectivity index (χ0) is 22.1. The maximum Gasteiger partial charge on any atom is 0.271 e. The quantitative estimate of drug-likeness (QED) is 0.477. The Kier molecular flexibility index (Phi) is 5.79. The van der Waals surface area contributed by atoms with Gasteiger partial charge in [-0.05, 0) is 79.1 Å². The van der Waals surface area contributed by atoms with E-state index in [1.807, 2.05) is 43.3 Å². The molecule has 2 atom stereocenters. The fourth-order valence-corrected chi connectivity index (χ4v) is 3.89. The van der Waals surface area contributed by atoms with Gasteiger partial charge >= 0.3 is 0 Å². The number of aryl methyl sites for hydroxylation is 2. The second kappa shape index (κ2) is 8.52. The topological polar surface area (TPSA) is 48.0 Å². The third kappa shape index (κ3) is 3.93. The summed E-state index contributed by atoms with van der Waals surface area (Å²) in [5, 5.41) is 0.612. The summed E-state index contributed by atoms with van der Waals surface area (Å²) in [5.41, 5.74) is 4.03. The van der Waals surface area contributed by atoms with E-state index in [-0.39, 0.29) is 11.9 Å². The van der Waals surface area contributed by atoms with E-state index in [4.69, 9.17) is 25.8 Å². The van der Waals surface area contributed by atoms with Crippen LogP contribution in [0.15, 0.2) is 60.7 Å². The molecule has 0 bridgehead atoms. The van der Waals surface area contributed by atoms with Gasteiger partial charge in [-0.1, -0.05) is 23.7 Å². The van der Waals surface area contributed by atoms with Crippen LogP contribution in [0.4, 0.5) is 5.69 Å². The molecule has 0 N–H and O–H groups in total. The van der Waals surface area contributed by atoms with Crippen molar-refractivity contribution in [2.75, 3.05) is 19.1 Å². The lowest BCUT2D eigenvalue weighted by Gasteiger charge is -2.47. The van der Waals surface area contributed by atoms with Gasteiger partial charge in [-0.2, -0.15) is 0 Å². The van der Waals surface area contributed by atoms with Gasteiger partial charge < -0.3 is 14.2 Å². The Bertz CT molecular complexity index is 1110. The summed E-state index contributed by atoms with van der Waals surface area (Å²) in [4.78, 5) is 15.0. The number of methoxy groups -OCH3 is 2. The molecule has 0 spiro atoms. The van der Waals surface area contributed by atoms with Crippen molar-refractivity contribution < 1.29 is 19.0 Å². The highest BCUT2D eigenvalue weighted by Gasteiger charge is 2.51. The number of hydrogen-bond donors (Lipinski definition) is 0. The molecule has 1 amide bonds. The van der Waals surface area contributed by atoms with E-state index in [1.165, 1.54) is 5.56 Å². The van der Waals surface area contributed by atoms with Crippen LogP contribution in [0.1, 0.15) is 22.7 Å². The van der Waals surface area contributed by atoms with Crippen molar-refractivity contribution in [1.82, 2.24) is 0 Å². The summed E-state index contributed by atoms with van der Waals surface area (Å²) < 4.78 is 16.9. The Balaban J connectivity index is 1.74. The molecule has 160 valence electrons. The van der Waals surface area contributed by atoms with E-state index < -0.39 is 6.10 Å². The van der Waals surface area contributed by atoms with Crippen molar-refractivity contribution in [1.29, 1.82) is 0 Å². The molecular weight excluding hydrogens is 414 g/mol. The summed E-state index contributed by atoms with van der Waals surface area (Å²) in [5.74, 6) is 1.72. The van der Waals surface area contributed by atoms with Crippen LogP contribution in [-0.2, 0) is 4.79 Å². The first-order chi connectivity index (χ1) is 14.9. The molecule has 1 saturated heterocycles. The minimum atomic E-state index is -0.666. The van der Waals surface area contributed by atoms with Gasteiger partial charge in [-0.15, -0.1) is 0 Å². The number of carbonyl (C=O) groups excluding carboxylic acids is 1. The number of amides is 1. The number of carbonyl (C=O) groups is 1. The molecule has 1 fully saturated rings. The molecule has 5 nitrogen and oxygen atoms in total. The Morgan fingerprint density at radius 3 is 2.19 bits per heavy atom. The fourth-order valence-electron chi connectivity index (χ4n) is 3.76. The van der Waals surface area contributed by atoms with Gasteiger partial charge in [-0.3, -0.25) is 9.69 Å². The zero-order valence-corrected chi connectivity index (χ0v) is 18.6. The summed E-state index contributed by atoms with van der Waals surface area (Å²) in [7, 11) is 3.19. The molecule has 1 heterocycles. The summed E-state index contributed by atoms with van der Waals surface area (Å²) in [6, 6.07) is 18.4. The zero-order valence-electron chi connectivity index (χ0n) is 17.9. The number of β-lactam (4-membered cyclic amide) rings is 1. The van der Waals surface area contributed by atoms with Gasteiger partial charge in [0.2, 0.25) is 6.10 Å². The smallest absolute Gasteiger partial charge is 0.271 e. The van der Waals surface area contributed by atoms with Gasteiger partial charge in [0, 0.05) is 10.7 Å². The van der Waals surface area contributed by atoms with Gasteiger partial charge in [0.25, 0.3) is 5.91 Å². The molecule has 31 heavy (non-hydrogen) atoms. The van der Waals surface area contributed by atoms with Crippen LogP contribution in [0.25, 0.3) is 0 Å². The van der Waals surface area contributed by atoms with Crippen LogP contribution in [0.3, 0.4) is 0 Å². The molecule has 0 aromatic heterocycles. The highest BCUT2D eigenvalue weighted by molar-refractivity contribution is 6.30. The SMILES string of the molecule is COc1ccc([C@@H]2[C@@H](Oc3ccc(Cl)cc3)C(=O)N2c2ccc(C)c(C)c2)cc1OC. The Morgan fingerprint density at radius 2 is 1.55 bits per heavy atom. The summed E-state index contributed by atoms with van der Waals surface area (Å²) in [6.07, 6.45) is -0.666. The maximum atomic E-state index is 13.2. The van der Waals surface area contributed by atoms with E-state index in [0.29, 0.717) is 22.3 Å². The molecule has 1 aliphatic rings. The van der Waals surface area contributed by atoms with Crippen LogP contribution >= 0.6 is 11.6 Å². The van der Waals surface area contributed by atoms with E-state index in [2.05, 4.69) is 6.92 Å². The normalized spacial score (nSPS) is 17.8. The maximum absolute atomic E-state index is 13.2. The fraction of sp³-hybridized carbons (Fsp3) is 0.240. The third-order valence-electron chi connectivity index (χ3n) is 5.64. The average molecular weight is 438 g/mol. The van der Waals surface area contributed by atoms with Crippen LogP contribution in [0.2, 0.25) is 5.02 Å². The average Bonchev–Trinajstić information content (AvgIpc) is 2.78. The molecule has 4 rings (SSSR count). The standard InChI is InChI=1S/C25H24ClNO4/c1-15-5-9-19(13-16(15)2)27-23(17-6-12-21(29-3)22(14-17)30-4)24(25(27)28)31-20-10-7-18(26)8-11-20/h5-14,23-24H,1-4H3/t23-,24-/m1/s1. The van der Waals surface area contributed by atoms with Crippen LogP contribution in [-0.4, -0.2) is 26.2 Å². The minimum Gasteiger partial charge on any atom is -0.493 e. The lowest BCUT2D eigenvalue weighted by atomic mass is 9.89.